The van der Waals surface area contributed by atoms with Crippen molar-refractivity contribution in [3.8, 4) is 5.75 Å². The number of carbonyl (C=O) groups excluding carboxylic acids is 1. The number of aryl methyl sites for hydroxylation is 1. The number of methoxy groups -OCH3 is 1. The summed E-state index contributed by atoms with van der Waals surface area (Å²) in [6.45, 7) is 0. The van der Waals surface area contributed by atoms with E-state index in [-0.39, 0.29) is 11.7 Å². The molecule has 0 aliphatic heterocycles. The summed E-state index contributed by atoms with van der Waals surface area (Å²) in [5, 5.41) is 0. The number of carbonyl (C=O) groups is 1. The Kier molecular flexibility index (Phi) is 4.47. The minimum absolute atomic E-state index is 0.0672. The number of rotatable bonds is 5. The zero-order valence-corrected chi connectivity index (χ0v) is 8.88. The molecular formula is C11H13ClO2. The van der Waals surface area contributed by atoms with E-state index in [0.717, 1.165) is 11.3 Å². The normalized spacial score (nSPS) is 9.86. The number of halogens is 1. The topological polar surface area (TPSA) is 26.3 Å². The van der Waals surface area contributed by atoms with Crippen LogP contribution >= 0.6 is 11.6 Å². The minimum Gasteiger partial charge on any atom is -0.496 e. The Bertz CT molecular complexity index is 310. The van der Waals surface area contributed by atoms with Gasteiger partial charge in [-0.05, 0) is 18.1 Å². The molecule has 1 aromatic carbocycles. The van der Waals surface area contributed by atoms with Crippen LogP contribution in [0.2, 0.25) is 0 Å². The molecule has 0 atom stereocenters. The van der Waals surface area contributed by atoms with Crippen LogP contribution in [0, 0.1) is 0 Å². The maximum atomic E-state index is 11.0. The molecule has 1 aromatic rings. The zero-order valence-electron chi connectivity index (χ0n) is 8.13. The predicted molar refractivity (Wildman–Crippen MR) is 57.0 cm³/mol. The molecule has 0 bridgehead atoms. The molecule has 0 saturated carbocycles. The summed E-state index contributed by atoms with van der Waals surface area (Å²) < 4.78 is 5.17. The fraction of sp³-hybridized carbons (Fsp3) is 0.364. The van der Waals surface area contributed by atoms with Gasteiger partial charge in [0.25, 0.3) is 0 Å². The van der Waals surface area contributed by atoms with Crippen LogP contribution < -0.4 is 4.74 Å². The number of benzene rings is 1. The molecule has 14 heavy (non-hydrogen) atoms. The highest BCUT2D eigenvalue weighted by Crippen LogP contribution is 2.18. The SMILES string of the molecule is COc1ccccc1CCC(=O)CCl. The van der Waals surface area contributed by atoms with Crippen molar-refractivity contribution in [3.05, 3.63) is 29.8 Å². The first kappa shape index (κ1) is 11.1. The van der Waals surface area contributed by atoms with Gasteiger partial charge in [-0.15, -0.1) is 11.6 Å². The number of hydrogen-bond acceptors (Lipinski definition) is 2. The average Bonchev–Trinajstić information content (AvgIpc) is 2.26. The summed E-state index contributed by atoms with van der Waals surface area (Å²) in [5.41, 5.74) is 1.05. The first-order chi connectivity index (χ1) is 6.77. The third kappa shape index (κ3) is 3.04. The second-order valence-corrected chi connectivity index (χ2v) is 3.25. The zero-order chi connectivity index (χ0) is 10.4. The lowest BCUT2D eigenvalue weighted by molar-refractivity contribution is -0.116. The molecule has 1 rings (SSSR count). The molecule has 0 aromatic heterocycles. The van der Waals surface area contributed by atoms with Gasteiger partial charge >= 0.3 is 0 Å². The monoisotopic (exact) mass is 212 g/mol. The Balaban J connectivity index is 2.61. The summed E-state index contributed by atoms with van der Waals surface area (Å²) in [7, 11) is 1.63. The van der Waals surface area contributed by atoms with Crippen LogP contribution in [0.15, 0.2) is 24.3 Å². The van der Waals surface area contributed by atoms with E-state index < -0.39 is 0 Å². The van der Waals surface area contributed by atoms with Gasteiger partial charge < -0.3 is 4.74 Å². The Hall–Kier alpha value is -1.02. The van der Waals surface area contributed by atoms with Crippen molar-refractivity contribution in [2.45, 2.75) is 12.8 Å². The Morgan fingerprint density at radius 3 is 2.79 bits per heavy atom. The Labute approximate surface area is 88.8 Å². The van der Waals surface area contributed by atoms with Crippen LogP contribution in [0.3, 0.4) is 0 Å². The fourth-order valence-electron chi connectivity index (χ4n) is 1.25. The first-order valence-electron chi connectivity index (χ1n) is 4.47. The van der Waals surface area contributed by atoms with Crippen molar-refractivity contribution in [3.63, 3.8) is 0 Å². The molecule has 3 heteroatoms. The van der Waals surface area contributed by atoms with Gasteiger partial charge in [0.15, 0.2) is 0 Å². The van der Waals surface area contributed by atoms with Crippen LogP contribution in [0.25, 0.3) is 0 Å². The molecule has 0 amide bonds. The summed E-state index contributed by atoms with van der Waals surface area (Å²) in [6.07, 6.45) is 1.17. The largest absolute Gasteiger partial charge is 0.496 e. The molecular weight excluding hydrogens is 200 g/mol. The molecule has 0 unspecified atom stereocenters. The quantitative estimate of drug-likeness (QED) is 0.701. The average molecular weight is 213 g/mol. The van der Waals surface area contributed by atoms with E-state index in [1.165, 1.54) is 0 Å². The lowest BCUT2D eigenvalue weighted by Gasteiger charge is -2.06. The minimum atomic E-state index is 0.0672. The molecule has 0 N–H and O–H groups in total. The highest BCUT2D eigenvalue weighted by atomic mass is 35.5. The van der Waals surface area contributed by atoms with E-state index in [4.69, 9.17) is 16.3 Å². The number of hydrogen-bond donors (Lipinski definition) is 0. The molecule has 0 aliphatic carbocycles. The van der Waals surface area contributed by atoms with E-state index in [0.29, 0.717) is 12.8 Å². The van der Waals surface area contributed by atoms with Crippen molar-refractivity contribution in [1.29, 1.82) is 0 Å². The molecule has 0 radical (unpaired) electrons. The maximum absolute atomic E-state index is 11.0. The summed E-state index contributed by atoms with van der Waals surface area (Å²) in [4.78, 5) is 11.0. The van der Waals surface area contributed by atoms with E-state index in [1.807, 2.05) is 24.3 Å². The second kappa shape index (κ2) is 5.66. The highest BCUT2D eigenvalue weighted by Gasteiger charge is 2.04. The highest BCUT2D eigenvalue weighted by molar-refractivity contribution is 6.27. The van der Waals surface area contributed by atoms with Gasteiger partial charge in [0.05, 0.1) is 13.0 Å². The van der Waals surface area contributed by atoms with Crippen molar-refractivity contribution in [1.82, 2.24) is 0 Å². The Morgan fingerprint density at radius 1 is 1.43 bits per heavy atom. The smallest absolute Gasteiger partial charge is 0.147 e. The van der Waals surface area contributed by atoms with E-state index in [9.17, 15) is 4.79 Å². The predicted octanol–water partition coefficient (Wildman–Crippen LogP) is 2.44. The number of Topliss-reactive ketones (excluding diaryl/α,β-unsaturated/α-hetero) is 1. The third-order valence-electron chi connectivity index (χ3n) is 2.01. The second-order valence-electron chi connectivity index (χ2n) is 2.98. The number of alkyl halides is 1. The molecule has 0 fully saturated rings. The van der Waals surface area contributed by atoms with Crippen molar-refractivity contribution < 1.29 is 9.53 Å². The molecule has 2 nitrogen and oxygen atoms in total. The van der Waals surface area contributed by atoms with Crippen molar-refractivity contribution >= 4 is 17.4 Å². The van der Waals surface area contributed by atoms with Gasteiger partial charge in [-0.2, -0.15) is 0 Å². The lowest BCUT2D eigenvalue weighted by atomic mass is 10.1. The van der Waals surface area contributed by atoms with Crippen LogP contribution in [-0.4, -0.2) is 18.8 Å². The van der Waals surface area contributed by atoms with Crippen LogP contribution in [0.5, 0.6) is 5.75 Å². The number of para-hydroxylation sites is 1. The van der Waals surface area contributed by atoms with Crippen LogP contribution in [0.4, 0.5) is 0 Å². The molecule has 76 valence electrons. The van der Waals surface area contributed by atoms with Gasteiger partial charge in [0.1, 0.15) is 11.5 Å². The van der Waals surface area contributed by atoms with Gasteiger partial charge in [-0.25, -0.2) is 0 Å². The third-order valence-corrected chi connectivity index (χ3v) is 2.31. The molecule has 0 spiro atoms. The Morgan fingerprint density at radius 2 is 2.14 bits per heavy atom. The van der Waals surface area contributed by atoms with Gasteiger partial charge in [0.2, 0.25) is 0 Å². The van der Waals surface area contributed by atoms with Crippen LogP contribution in [-0.2, 0) is 11.2 Å². The van der Waals surface area contributed by atoms with E-state index in [2.05, 4.69) is 0 Å². The lowest BCUT2D eigenvalue weighted by Crippen LogP contribution is -2.02. The summed E-state index contributed by atoms with van der Waals surface area (Å²) in [6, 6.07) is 7.69. The van der Waals surface area contributed by atoms with Gasteiger partial charge in [-0.3, -0.25) is 4.79 Å². The number of ether oxygens (including phenoxy) is 1. The molecule has 0 saturated heterocycles. The van der Waals surface area contributed by atoms with Crippen molar-refractivity contribution in [2.75, 3.05) is 13.0 Å². The van der Waals surface area contributed by atoms with Crippen molar-refractivity contribution in [2.24, 2.45) is 0 Å². The molecule has 0 aliphatic rings. The summed E-state index contributed by atoms with van der Waals surface area (Å²) >= 11 is 5.41. The first-order valence-corrected chi connectivity index (χ1v) is 5.01. The maximum Gasteiger partial charge on any atom is 0.147 e. The number of ketones is 1. The van der Waals surface area contributed by atoms with E-state index >= 15 is 0 Å². The fourth-order valence-corrected chi connectivity index (χ4v) is 1.38. The standard InChI is InChI=1S/C11H13ClO2/c1-14-11-5-3-2-4-9(11)6-7-10(13)8-12/h2-5H,6-8H2,1H3. The molecule has 0 heterocycles. The van der Waals surface area contributed by atoms with E-state index in [1.54, 1.807) is 7.11 Å². The van der Waals surface area contributed by atoms with Crippen LogP contribution in [0.1, 0.15) is 12.0 Å². The van der Waals surface area contributed by atoms with Gasteiger partial charge in [0, 0.05) is 6.42 Å². The van der Waals surface area contributed by atoms with Gasteiger partial charge in [-0.1, -0.05) is 18.2 Å². The summed E-state index contributed by atoms with van der Waals surface area (Å²) in [5.74, 6) is 0.988.